The van der Waals surface area contributed by atoms with Gasteiger partial charge in [0.1, 0.15) is 18.5 Å². The number of Topliss-reactive ketones (excluding diaryl/α,β-unsaturated/α-hetero) is 1. The molecule has 2 saturated carbocycles. The molecular formula is C29H38O9. The molecule has 208 valence electrons. The normalized spacial score (nSPS) is 30.9. The lowest BCUT2D eigenvalue weighted by Crippen LogP contribution is -2.56. The van der Waals surface area contributed by atoms with Crippen LogP contribution in [0.5, 0.6) is 0 Å². The number of esters is 2. The highest BCUT2D eigenvalue weighted by molar-refractivity contribution is 5.93. The van der Waals surface area contributed by atoms with E-state index >= 15 is 0 Å². The van der Waals surface area contributed by atoms with Crippen molar-refractivity contribution in [1.82, 2.24) is 0 Å². The minimum atomic E-state index is -1.08. The molecule has 0 saturated heterocycles. The van der Waals surface area contributed by atoms with Crippen LogP contribution in [0, 0.1) is 22.7 Å². The van der Waals surface area contributed by atoms with E-state index in [-0.39, 0.29) is 67.7 Å². The van der Waals surface area contributed by atoms with Gasteiger partial charge < -0.3 is 19.7 Å². The number of ketones is 1. The predicted octanol–water partition coefficient (Wildman–Crippen LogP) is 4.41. The lowest BCUT2D eigenvalue weighted by atomic mass is 9.45. The molecule has 1 heterocycles. The number of carboxylic acids is 2. The summed E-state index contributed by atoms with van der Waals surface area (Å²) in [6.07, 6.45) is 7.59. The lowest BCUT2D eigenvalue weighted by molar-refractivity contribution is -0.180. The van der Waals surface area contributed by atoms with Crippen molar-refractivity contribution in [2.45, 2.75) is 84.2 Å². The van der Waals surface area contributed by atoms with Crippen molar-refractivity contribution >= 4 is 29.7 Å². The Kier molecular flexibility index (Phi) is 9.33. The number of ether oxygens (including phenoxy) is 2. The number of hydrogen-bond donors (Lipinski definition) is 2. The lowest BCUT2D eigenvalue weighted by Gasteiger charge is -2.60. The monoisotopic (exact) mass is 530 g/mol. The number of cyclic esters (lactones) is 1. The summed E-state index contributed by atoms with van der Waals surface area (Å²) >= 11 is 0. The molecule has 9 nitrogen and oxygen atoms in total. The first-order valence-corrected chi connectivity index (χ1v) is 13.2. The standard InChI is InChI=1S/C29H38O9/c1-18-4-8-22-28(2,21(18)7-5-19-14-17-37-27(19)36)16-13-23(38-26(35)11-10-25(33)34)29(22,3)15-12-20(30)6-9-24(31)32/h5,7,14,21-23H,1,4,6,8-13,15-17H2,2-3H3,(H,31,32)(H,33,34)/b7-5+/t21-,22+,23-,28+,29+/m1/s1. The van der Waals surface area contributed by atoms with Gasteiger partial charge in [0.2, 0.25) is 0 Å². The quantitative estimate of drug-likeness (QED) is 0.277. The number of hydrogen-bond acceptors (Lipinski definition) is 7. The maximum absolute atomic E-state index is 12.6. The van der Waals surface area contributed by atoms with Gasteiger partial charge in [-0.2, -0.15) is 0 Å². The number of aliphatic carboxylic acids is 2. The molecule has 0 aromatic heterocycles. The minimum Gasteiger partial charge on any atom is -0.481 e. The molecule has 0 spiro atoms. The molecule has 2 N–H and O–H groups in total. The van der Waals surface area contributed by atoms with Crippen LogP contribution in [0.3, 0.4) is 0 Å². The Labute approximate surface area is 222 Å². The van der Waals surface area contributed by atoms with Crippen LogP contribution >= 0.6 is 0 Å². The molecule has 0 amide bonds. The molecule has 2 aliphatic carbocycles. The third-order valence-corrected chi connectivity index (χ3v) is 8.78. The molecule has 3 rings (SSSR count). The highest BCUT2D eigenvalue weighted by atomic mass is 16.5. The largest absolute Gasteiger partial charge is 0.481 e. The molecule has 38 heavy (non-hydrogen) atoms. The van der Waals surface area contributed by atoms with Crippen molar-refractivity contribution in [1.29, 1.82) is 0 Å². The summed E-state index contributed by atoms with van der Waals surface area (Å²) in [5.74, 6) is -3.19. The summed E-state index contributed by atoms with van der Waals surface area (Å²) in [7, 11) is 0. The Morgan fingerprint density at radius 2 is 1.76 bits per heavy atom. The first-order valence-electron chi connectivity index (χ1n) is 13.2. The van der Waals surface area contributed by atoms with Gasteiger partial charge in [-0.1, -0.05) is 38.2 Å². The van der Waals surface area contributed by atoms with Crippen LogP contribution in [-0.4, -0.2) is 52.6 Å². The van der Waals surface area contributed by atoms with Gasteiger partial charge in [-0.3, -0.25) is 19.2 Å². The molecule has 1 aliphatic heterocycles. The van der Waals surface area contributed by atoms with Crippen molar-refractivity contribution in [3.63, 3.8) is 0 Å². The van der Waals surface area contributed by atoms with Crippen LogP contribution < -0.4 is 0 Å². The molecule has 0 aromatic carbocycles. The fourth-order valence-corrected chi connectivity index (χ4v) is 6.71. The highest BCUT2D eigenvalue weighted by Gasteiger charge is 2.58. The zero-order valence-electron chi connectivity index (χ0n) is 22.2. The molecule has 0 aromatic rings. The average molecular weight is 531 g/mol. The van der Waals surface area contributed by atoms with Gasteiger partial charge in [0.05, 0.1) is 24.8 Å². The summed E-state index contributed by atoms with van der Waals surface area (Å²) in [5, 5.41) is 17.9. The van der Waals surface area contributed by atoms with Crippen LogP contribution in [0.2, 0.25) is 0 Å². The Hall–Kier alpha value is -3.23. The van der Waals surface area contributed by atoms with Gasteiger partial charge in [-0.15, -0.1) is 0 Å². The van der Waals surface area contributed by atoms with E-state index < -0.39 is 29.4 Å². The molecule has 3 aliphatic rings. The number of fused-ring (bicyclic) bond motifs is 1. The van der Waals surface area contributed by atoms with E-state index in [1.54, 1.807) is 12.2 Å². The second-order valence-electron chi connectivity index (χ2n) is 11.2. The number of allylic oxidation sites excluding steroid dienone is 2. The zero-order chi connectivity index (χ0) is 28.1. The van der Waals surface area contributed by atoms with Crippen molar-refractivity contribution < 1.29 is 43.7 Å². The molecule has 0 unspecified atom stereocenters. The molecule has 5 atom stereocenters. The summed E-state index contributed by atoms with van der Waals surface area (Å²) < 4.78 is 10.9. The second-order valence-corrected chi connectivity index (χ2v) is 11.2. The smallest absolute Gasteiger partial charge is 0.338 e. The van der Waals surface area contributed by atoms with Gasteiger partial charge in [0.25, 0.3) is 0 Å². The average Bonchev–Trinajstić information content (AvgIpc) is 3.26. The third kappa shape index (κ3) is 6.60. The Morgan fingerprint density at radius 3 is 2.39 bits per heavy atom. The highest BCUT2D eigenvalue weighted by Crippen LogP contribution is 2.63. The molecular weight excluding hydrogens is 492 g/mol. The van der Waals surface area contributed by atoms with Gasteiger partial charge in [0.15, 0.2) is 0 Å². The number of carbonyl (C=O) groups is 5. The van der Waals surface area contributed by atoms with Crippen molar-refractivity contribution in [3.05, 3.63) is 36.0 Å². The van der Waals surface area contributed by atoms with Gasteiger partial charge >= 0.3 is 23.9 Å². The van der Waals surface area contributed by atoms with E-state index in [1.807, 2.05) is 13.0 Å². The summed E-state index contributed by atoms with van der Waals surface area (Å²) in [6, 6.07) is 0. The van der Waals surface area contributed by atoms with Crippen LogP contribution in [0.25, 0.3) is 0 Å². The van der Waals surface area contributed by atoms with Gasteiger partial charge in [0, 0.05) is 24.2 Å². The first kappa shape index (κ1) is 29.3. The Morgan fingerprint density at radius 1 is 1.08 bits per heavy atom. The first-order chi connectivity index (χ1) is 17.9. The summed E-state index contributed by atoms with van der Waals surface area (Å²) in [6.45, 7) is 8.80. The van der Waals surface area contributed by atoms with Gasteiger partial charge in [-0.25, -0.2) is 4.79 Å². The fourth-order valence-electron chi connectivity index (χ4n) is 6.71. The second kappa shape index (κ2) is 12.1. The van der Waals surface area contributed by atoms with E-state index in [1.165, 1.54) is 0 Å². The van der Waals surface area contributed by atoms with E-state index in [0.717, 1.165) is 18.4 Å². The molecule has 0 radical (unpaired) electrons. The van der Waals surface area contributed by atoms with Crippen LogP contribution in [0.4, 0.5) is 0 Å². The van der Waals surface area contributed by atoms with Crippen LogP contribution in [-0.2, 0) is 33.4 Å². The number of carboxylic acid groups (broad SMARTS) is 2. The maximum Gasteiger partial charge on any atom is 0.338 e. The fraction of sp³-hybridized carbons (Fsp3) is 0.621. The minimum absolute atomic E-state index is 0.0398. The Balaban J connectivity index is 1.88. The molecule has 9 heteroatoms. The van der Waals surface area contributed by atoms with E-state index in [9.17, 15) is 24.0 Å². The van der Waals surface area contributed by atoms with Gasteiger partial charge in [-0.05, 0) is 49.5 Å². The van der Waals surface area contributed by atoms with Crippen LogP contribution in [0.1, 0.15) is 78.1 Å². The van der Waals surface area contributed by atoms with E-state index in [4.69, 9.17) is 19.7 Å². The summed E-state index contributed by atoms with van der Waals surface area (Å²) in [4.78, 5) is 59.0. The van der Waals surface area contributed by atoms with Crippen molar-refractivity contribution in [2.24, 2.45) is 22.7 Å². The number of rotatable bonds is 12. The van der Waals surface area contributed by atoms with Crippen LogP contribution in [0.15, 0.2) is 36.0 Å². The Bertz CT molecular complexity index is 1050. The molecule has 0 bridgehead atoms. The topological polar surface area (TPSA) is 144 Å². The van der Waals surface area contributed by atoms with E-state index in [0.29, 0.717) is 24.8 Å². The van der Waals surface area contributed by atoms with E-state index in [2.05, 4.69) is 13.5 Å². The maximum atomic E-state index is 12.6. The van der Waals surface area contributed by atoms with Crippen molar-refractivity contribution in [2.75, 3.05) is 6.61 Å². The molecule has 2 fully saturated rings. The summed E-state index contributed by atoms with van der Waals surface area (Å²) in [5.41, 5.74) is 0.695. The SMILES string of the molecule is C=C1CC[C@@H]2[C@](C)(CCC(=O)CCC(=O)O)[C@H](OC(=O)CCC(=O)O)CC[C@@]2(C)[C@@H]1/C=C/C1=CCOC1=O. The number of carbonyl (C=O) groups excluding carboxylic acids is 3. The predicted molar refractivity (Wildman–Crippen MR) is 137 cm³/mol. The third-order valence-electron chi connectivity index (χ3n) is 8.78. The zero-order valence-corrected chi connectivity index (χ0v) is 22.2. The van der Waals surface area contributed by atoms with Crippen molar-refractivity contribution in [3.8, 4) is 0 Å².